The smallest absolute Gasteiger partial charge is 0.343 e. The molecule has 0 bridgehead atoms. The lowest BCUT2D eigenvalue weighted by Gasteiger charge is -2.25. The van der Waals surface area contributed by atoms with Crippen molar-refractivity contribution >= 4 is 84.4 Å². The molecule has 0 unspecified atom stereocenters. The normalized spacial score (nSPS) is 14.2. The van der Waals surface area contributed by atoms with Crippen LogP contribution in [0.2, 0.25) is 10.0 Å². The second kappa shape index (κ2) is 16.6. The third-order valence-corrected chi connectivity index (χ3v) is 10.1. The predicted octanol–water partition coefficient (Wildman–Crippen LogP) is 7.16. The zero-order valence-electron chi connectivity index (χ0n) is 27.2. The molecule has 5 rings (SSSR count). The van der Waals surface area contributed by atoms with Crippen LogP contribution in [0, 0.1) is 0 Å². The molecule has 0 aliphatic carbocycles. The van der Waals surface area contributed by atoms with Crippen LogP contribution in [0.5, 0.6) is 17.2 Å². The van der Waals surface area contributed by atoms with Crippen LogP contribution >= 0.6 is 66.4 Å². The van der Waals surface area contributed by atoms with Crippen molar-refractivity contribution in [2.75, 3.05) is 26.9 Å². The van der Waals surface area contributed by atoms with Crippen molar-refractivity contribution in [2.24, 2.45) is 4.99 Å². The molecule has 0 spiro atoms. The molecule has 3 aromatic carbocycles. The Morgan fingerprint density at radius 3 is 2.38 bits per heavy atom. The standard InChI is InChI=1S/C35H30Br2Cl2N2O8S/c1-5-46-27-14-20(8-10-26(27)48-17-29(42)45-4)31-30(34(44)47-6-2)18(3)40-35-41(31)33(43)28(50-35)13-19-11-23(36)32(24(37)12-19)49-16-21-7-9-22(38)15-25(21)39/h7-15,31H,5-6,16-17H2,1-4H3/b28-13-/t31-/m0/s1. The summed E-state index contributed by atoms with van der Waals surface area (Å²) in [5, 5.41) is 1.03. The highest BCUT2D eigenvalue weighted by Crippen LogP contribution is 2.38. The van der Waals surface area contributed by atoms with E-state index in [1.807, 2.05) is 12.1 Å². The SMILES string of the molecule is CCOC(=O)C1=C(C)N=c2s/c(=C\c3cc(Br)c(OCc4ccc(Cl)cc4Cl)c(Br)c3)c(=O)n2[C@H]1c1ccc(OCC(=O)OC)c(OCC)c1. The Hall–Kier alpha value is -3.62. The average molecular weight is 869 g/mol. The number of halogens is 4. The molecule has 50 heavy (non-hydrogen) atoms. The first-order valence-electron chi connectivity index (χ1n) is 15.2. The lowest BCUT2D eigenvalue weighted by Crippen LogP contribution is -2.40. The molecule has 4 aromatic rings. The molecule has 1 aliphatic rings. The first-order chi connectivity index (χ1) is 23.9. The van der Waals surface area contributed by atoms with Crippen molar-refractivity contribution in [3.8, 4) is 17.2 Å². The van der Waals surface area contributed by atoms with E-state index in [0.717, 1.165) is 5.56 Å². The van der Waals surface area contributed by atoms with Gasteiger partial charge in [0, 0.05) is 15.6 Å². The van der Waals surface area contributed by atoms with E-state index in [2.05, 4.69) is 41.6 Å². The van der Waals surface area contributed by atoms with E-state index < -0.39 is 18.0 Å². The zero-order chi connectivity index (χ0) is 36.1. The minimum Gasteiger partial charge on any atom is -0.490 e. The molecule has 1 aliphatic heterocycles. The second-order valence-corrected chi connectivity index (χ2v) is 14.2. The van der Waals surface area contributed by atoms with Gasteiger partial charge in [-0.1, -0.05) is 46.7 Å². The van der Waals surface area contributed by atoms with Gasteiger partial charge in [-0.05, 0) is 106 Å². The van der Waals surface area contributed by atoms with E-state index in [4.69, 9.17) is 42.1 Å². The topological polar surface area (TPSA) is 115 Å². The number of aromatic nitrogens is 1. The highest BCUT2D eigenvalue weighted by Gasteiger charge is 2.34. The molecule has 0 saturated heterocycles. The van der Waals surface area contributed by atoms with Crippen LogP contribution in [0.25, 0.3) is 6.08 Å². The number of thiazole rings is 1. The highest BCUT2D eigenvalue weighted by molar-refractivity contribution is 9.11. The number of hydrogen-bond donors (Lipinski definition) is 0. The summed E-state index contributed by atoms with van der Waals surface area (Å²) in [5.41, 5.74) is 2.29. The minimum atomic E-state index is -0.893. The number of ether oxygens (including phenoxy) is 5. The molecule has 10 nitrogen and oxygen atoms in total. The molecule has 15 heteroatoms. The fourth-order valence-electron chi connectivity index (χ4n) is 5.13. The van der Waals surface area contributed by atoms with Gasteiger partial charge in [0.25, 0.3) is 5.56 Å². The lowest BCUT2D eigenvalue weighted by atomic mass is 9.95. The van der Waals surface area contributed by atoms with Crippen molar-refractivity contribution in [3.63, 3.8) is 0 Å². The van der Waals surface area contributed by atoms with Crippen LogP contribution in [0.1, 0.15) is 43.5 Å². The number of carbonyl (C=O) groups is 2. The molecule has 0 saturated carbocycles. The van der Waals surface area contributed by atoms with Crippen LogP contribution < -0.4 is 29.1 Å². The van der Waals surface area contributed by atoms with Crippen molar-refractivity contribution in [1.29, 1.82) is 0 Å². The summed E-state index contributed by atoms with van der Waals surface area (Å²) in [4.78, 5) is 44.4. The van der Waals surface area contributed by atoms with Gasteiger partial charge in [0.1, 0.15) is 12.4 Å². The Morgan fingerprint density at radius 1 is 0.980 bits per heavy atom. The summed E-state index contributed by atoms with van der Waals surface area (Å²) in [6.45, 7) is 5.53. The third kappa shape index (κ3) is 8.29. The first-order valence-corrected chi connectivity index (χ1v) is 18.3. The van der Waals surface area contributed by atoms with E-state index in [0.29, 0.717) is 69.0 Å². The molecule has 1 atom stereocenters. The molecular formula is C35H30Br2Cl2N2O8S. The fourth-order valence-corrected chi connectivity index (χ4v) is 8.09. The molecule has 0 N–H and O–H groups in total. The quantitative estimate of drug-likeness (QED) is 0.138. The van der Waals surface area contributed by atoms with E-state index >= 15 is 0 Å². The molecule has 1 aromatic heterocycles. The van der Waals surface area contributed by atoms with Crippen molar-refractivity contribution in [2.45, 2.75) is 33.4 Å². The lowest BCUT2D eigenvalue weighted by molar-refractivity contribution is -0.143. The van der Waals surface area contributed by atoms with Gasteiger partial charge in [-0.15, -0.1) is 0 Å². The number of allylic oxidation sites excluding steroid dienone is 1. The monoisotopic (exact) mass is 866 g/mol. The summed E-state index contributed by atoms with van der Waals surface area (Å²) >= 11 is 20.7. The maximum atomic E-state index is 14.2. The van der Waals surface area contributed by atoms with Gasteiger partial charge in [0.05, 0.1) is 51.1 Å². The minimum absolute atomic E-state index is 0.132. The Morgan fingerprint density at radius 2 is 1.72 bits per heavy atom. The van der Waals surface area contributed by atoms with Crippen molar-refractivity contribution in [3.05, 3.63) is 115 Å². The van der Waals surface area contributed by atoms with Crippen LogP contribution in [0.4, 0.5) is 0 Å². The summed E-state index contributed by atoms with van der Waals surface area (Å²) in [7, 11) is 1.27. The Labute approximate surface area is 318 Å². The zero-order valence-corrected chi connectivity index (χ0v) is 32.7. The number of methoxy groups -OCH3 is 1. The van der Waals surface area contributed by atoms with Gasteiger partial charge in [0.2, 0.25) is 0 Å². The number of benzene rings is 3. The maximum absolute atomic E-state index is 14.2. The van der Waals surface area contributed by atoms with Crippen molar-refractivity contribution < 1.29 is 33.3 Å². The Kier molecular flexibility index (Phi) is 12.5. The van der Waals surface area contributed by atoms with Crippen LogP contribution in [-0.2, 0) is 25.7 Å². The van der Waals surface area contributed by atoms with Gasteiger partial charge in [0.15, 0.2) is 22.9 Å². The number of carbonyl (C=O) groups excluding carboxylic acids is 2. The fraction of sp³-hybridized carbons (Fsp3) is 0.257. The summed E-state index contributed by atoms with van der Waals surface area (Å²) in [6.07, 6.45) is 1.75. The van der Waals surface area contributed by atoms with Gasteiger partial charge in [-0.25, -0.2) is 14.6 Å². The maximum Gasteiger partial charge on any atom is 0.343 e. The first kappa shape index (κ1) is 37.6. The number of hydrogen-bond acceptors (Lipinski definition) is 10. The molecule has 0 radical (unpaired) electrons. The van der Waals surface area contributed by atoms with Crippen molar-refractivity contribution in [1.82, 2.24) is 4.57 Å². The van der Waals surface area contributed by atoms with E-state index in [1.54, 1.807) is 63.2 Å². The Balaban J connectivity index is 1.56. The number of fused-ring (bicyclic) bond motifs is 1. The summed E-state index contributed by atoms with van der Waals surface area (Å²) in [5.74, 6) is 0.0144. The van der Waals surface area contributed by atoms with Crippen LogP contribution in [0.15, 0.2) is 78.5 Å². The Bertz CT molecular complexity index is 2160. The van der Waals surface area contributed by atoms with Gasteiger partial charge >= 0.3 is 11.9 Å². The molecule has 0 fully saturated rings. The molecule has 2 heterocycles. The summed E-state index contributed by atoms with van der Waals surface area (Å²) < 4.78 is 30.8. The molecule has 0 amide bonds. The van der Waals surface area contributed by atoms with Crippen LogP contribution in [0.3, 0.4) is 0 Å². The number of esters is 2. The number of nitrogens with zero attached hydrogens (tertiary/aromatic N) is 2. The highest BCUT2D eigenvalue weighted by atomic mass is 79.9. The molecule has 262 valence electrons. The molecular weight excluding hydrogens is 839 g/mol. The van der Waals surface area contributed by atoms with E-state index in [1.165, 1.54) is 23.0 Å². The average Bonchev–Trinajstić information content (AvgIpc) is 3.37. The van der Waals surface area contributed by atoms with Crippen LogP contribution in [-0.4, -0.2) is 43.4 Å². The second-order valence-electron chi connectivity index (χ2n) is 10.6. The third-order valence-electron chi connectivity index (χ3n) is 7.38. The van der Waals surface area contributed by atoms with Gasteiger partial charge in [-0.3, -0.25) is 9.36 Å². The van der Waals surface area contributed by atoms with Gasteiger partial charge < -0.3 is 23.7 Å². The van der Waals surface area contributed by atoms with E-state index in [-0.39, 0.29) is 31.0 Å². The predicted molar refractivity (Wildman–Crippen MR) is 198 cm³/mol. The van der Waals surface area contributed by atoms with Gasteiger partial charge in [-0.2, -0.15) is 0 Å². The number of rotatable bonds is 12. The summed E-state index contributed by atoms with van der Waals surface area (Å²) in [6, 6.07) is 13.0. The largest absolute Gasteiger partial charge is 0.490 e. The van der Waals surface area contributed by atoms with E-state index in [9.17, 15) is 14.4 Å².